The van der Waals surface area contributed by atoms with Crippen LogP contribution in [0.1, 0.15) is 31.7 Å². The molecule has 4 nitrogen and oxygen atoms in total. The van der Waals surface area contributed by atoms with Gasteiger partial charge in [0, 0.05) is 26.0 Å². The fourth-order valence-corrected chi connectivity index (χ4v) is 2.50. The molecule has 1 saturated heterocycles. The molecule has 1 N–H and O–H groups in total. The Labute approximate surface area is 133 Å². The summed E-state index contributed by atoms with van der Waals surface area (Å²) >= 11 is 0. The van der Waals surface area contributed by atoms with Crippen LogP contribution >= 0.6 is 24.8 Å². The summed E-state index contributed by atoms with van der Waals surface area (Å²) in [4.78, 5) is 18.3. The molecule has 1 unspecified atom stereocenters. The molecule has 2 heterocycles. The van der Waals surface area contributed by atoms with E-state index in [2.05, 4.69) is 10.3 Å². The number of pyridine rings is 1. The van der Waals surface area contributed by atoms with Gasteiger partial charge in [0.15, 0.2) is 0 Å². The molecule has 1 aromatic rings. The van der Waals surface area contributed by atoms with Crippen molar-refractivity contribution in [3.05, 3.63) is 30.1 Å². The molecule has 0 spiro atoms. The summed E-state index contributed by atoms with van der Waals surface area (Å²) in [6.45, 7) is 3.56. The summed E-state index contributed by atoms with van der Waals surface area (Å²) in [5.74, 6) is 0.172. The van der Waals surface area contributed by atoms with Crippen LogP contribution in [-0.4, -0.2) is 34.9 Å². The van der Waals surface area contributed by atoms with Gasteiger partial charge in [0.05, 0.1) is 5.54 Å². The first kappa shape index (κ1) is 19.2. The van der Waals surface area contributed by atoms with E-state index in [0.29, 0.717) is 6.54 Å². The number of halogens is 2. The second-order valence-corrected chi connectivity index (χ2v) is 5.24. The number of nitrogens with one attached hydrogen (secondary N) is 1. The number of carbonyl (C=O) groups excluding carboxylic acids is 1. The van der Waals surface area contributed by atoms with Crippen LogP contribution in [0.3, 0.4) is 0 Å². The fraction of sp³-hybridized carbons (Fsp3) is 0.571. The van der Waals surface area contributed by atoms with Crippen molar-refractivity contribution in [2.75, 3.05) is 13.6 Å². The highest BCUT2D eigenvalue weighted by molar-refractivity contribution is 5.86. The maximum Gasteiger partial charge on any atom is 0.242 e. The van der Waals surface area contributed by atoms with Gasteiger partial charge in [-0.15, -0.1) is 24.8 Å². The number of aromatic nitrogens is 1. The van der Waals surface area contributed by atoms with Crippen molar-refractivity contribution in [2.24, 2.45) is 0 Å². The van der Waals surface area contributed by atoms with E-state index in [0.717, 1.165) is 31.4 Å². The van der Waals surface area contributed by atoms with Crippen molar-refractivity contribution in [3.63, 3.8) is 0 Å². The lowest BCUT2D eigenvalue weighted by molar-refractivity contribution is -0.137. The summed E-state index contributed by atoms with van der Waals surface area (Å²) in [7, 11) is 1.86. The Kier molecular flexibility index (Phi) is 8.09. The topological polar surface area (TPSA) is 45.2 Å². The van der Waals surface area contributed by atoms with Gasteiger partial charge in [0.2, 0.25) is 5.91 Å². The molecular formula is C14H23Cl2N3O. The number of piperidine rings is 1. The molecule has 6 heteroatoms. The number of hydrogen-bond donors (Lipinski definition) is 1. The first-order valence-corrected chi connectivity index (χ1v) is 6.51. The van der Waals surface area contributed by atoms with Crippen LogP contribution in [0.2, 0.25) is 0 Å². The monoisotopic (exact) mass is 319 g/mol. The van der Waals surface area contributed by atoms with Gasteiger partial charge < -0.3 is 10.2 Å². The first-order valence-electron chi connectivity index (χ1n) is 6.51. The maximum atomic E-state index is 12.5. The predicted molar refractivity (Wildman–Crippen MR) is 85.5 cm³/mol. The van der Waals surface area contributed by atoms with Gasteiger partial charge >= 0.3 is 0 Å². The lowest BCUT2D eigenvalue weighted by atomic mass is 9.89. The van der Waals surface area contributed by atoms with Crippen LogP contribution in [0.15, 0.2) is 24.5 Å². The van der Waals surface area contributed by atoms with E-state index in [1.54, 1.807) is 17.3 Å². The summed E-state index contributed by atoms with van der Waals surface area (Å²) in [5, 5.41) is 3.36. The second kappa shape index (κ2) is 8.45. The number of likely N-dealkylation sites (N-methyl/N-ethyl adjacent to an activating group) is 1. The van der Waals surface area contributed by atoms with Crippen LogP contribution in [0.25, 0.3) is 0 Å². The van der Waals surface area contributed by atoms with Gasteiger partial charge in [0.25, 0.3) is 0 Å². The van der Waals surface area contributed by atoms with Gasteiger partial charge in [-0.05, 0) is 44.4 Å². The summed E-state index contributed by atoms with van der Waals surface area (Å²) in [6, 6.07) is 3.89. The highest BCUT2D eigenvalue weighted by Crippen LogP contribution is 2.21. The van der Waals surface area contributed by atoms with E-state index < -0.39 is 5.54 Å². The minimum atomic E-state index is -0.394. The van der Waals surface area contributed by atoms with E-state index >= 15 is 0 Å². The Hall–Kier alpha value is -0.840. The normalized spacial score (nSPS) is 21.3. The van der Waals surface area contributed by atoms with Crippen LogP contribution < -0.4 is 5.32 Å². The summed E-state index contributed by atoms with van der Waals surface area (Å²) in [5.41, 5.74) is 0.669. The number of hydrogen-bond acceptors (Lipinski definition) is 3. The molecular weight excluding hydrogens is 297 g/mol. The molecule has 0 saturated carbocycles. The van der Waals surface area contributed by atoms with E-state index in [9.17, 15) is 4.79 Å². The van der Waals surface area contributed by atoms with Crippen LogP contribution in [0.4, 0.5) is 0 Å². The van der Waals surface area contributed by atoms with Gasteiger partial charge in [-0.3, -0.25) is 9.78 Å². The lowest BCUT2D eigenvalue weighted by Gasteiger charge is -2.36. The molecule has 1 atom stereocenters. The molecule has 0 radical (unpaired) electrons. The molecule has 0 bridgehead atoms. The Balaban J connectivity index is 0.00000180. The Morgan fingerprint density at radius 3 is 2.75 bits per heavy atom. The standard InChI is InChI=1S/C14H21N3O.2ClH/c1-14(7-3-4-9-16-14)13(18)17(2)11-12-6-5-8-15-10-12;;/h5-6,8,10,16H,3-4,7,9,11H2,1-2H3;2*1H. The van der Waals surface area contributed by atoms with Crippen LogP contribution in [0, 0.1) is 0 Å². The van der Waals surface area contributed by atoms with Crippen LogP contribution in [0.5, 0.6) is 0 Å². The molecule has 1 amide bonds. The molecule has 1 fully saturated rings. The Morgan fingerprint density at radius 2 is 2.20 bits per heavy atom. The van der Waals surface area contributed by atoms with Crippen molar-refractivity contribution >= 4 is 30.7 Å². The fourth-order valence-electron chi connectivity index (χ4n) is 2.50. The molecule has 20 heavy (non-hydrogen) atoms. The number of carbonyl (C=O) groups is 1. The zero-order valence-electron chi connectivity index (χ0n) is 12.0. The Bertz CT molecular complexity index is 408. The van der Waals surface area contributed by atoms with E-state index in [4.69, 9.17) is 0 Å². The Morgan fingerprint density at radius 1 is 1.45 bits per heavy atom. The smallest absolute Gasteiger partial charge is 0.242 e. The van der Waals surface area contributed by atoms with Crippen molar-refractivity contribution in [1.82, 2.24) is 15.2 Å². The zero-order chi connectivity index (χ0) is 13.0. The molecule has 1 aromatic heterocycles. The van der Waals surface area contributed by atoms with Crippen molar-refractivity contribution in [3.8, 4) is 0 Å². The van der Waals surface area contributed by atoms with E-state index in [1.165, 1.54) is 0 Å². The SMILES string of the molecule is CN(Cc1cccnc1)C(=O)C1(C)CCCCN1.Cl.Cl. The molecule has 1 aliphatic heterocycles. The van der Waals surface area contributed by atoms with Gasteiger partial charge in [-0.2, -0.15) is 0 Å². The number of nitrogens with zero attached hydrogens (tertiary/aromatic N) is 2. The van der Waals surface area contributed by atoms with Crippen LogP contribution in [-0.2, 0) is 11.3 Å². The minimum absolute atomic E-state index is 0. The lowest BCUT2D eigenvalue weighted by Crippen LogP contribution is -2.57. The van der Waals surface area contributed by atoms with E-state index in [-0.39, 0.29) is 30.7 Å². The third-order valence-electron chi connectivity index (χ3n) is 3.58. The van der Waals surface area contributed by atoms with Crippen molar-refractivity contribution < 1.29 is 4.79 Å². The maximum absolute atomic E-state index is 12.5. The molecule has 0 aromatic carbocycles. The summed E-state index contributed by atoms with van der Waals surface area (Å²) in [6.07, 6.45) is 6.75. The third kappa shape index (κ3) is 4.62. The second-order valence-electron chi connectivity index (χ2n) is 5.24. The molecule has 2 rings (SSSR count). The molecule has 114 valence electrons. The highest BCUT2D eigenvalue weighted by atomic mass is 35.5. The molecule has 1 aliphatic rings. The van der Waals surface area contributed by atoms with Gasteiger partial charge in [-0.25, -0.2) is 0 Å². The zero-order valence-corrected chi connectivity index (χ0v) is 13.6. The summed E-state index contributed by atoms with van der Waals surface area (Å²) < 4.78 is 0. The number of amides is 1. The van der Waals surface area contributed by atoms with Crippen molar-refractivity contribution in [2.45, 2.75) is 38.3 Å². The highest BCUT2D eigenvalue weighted by Gasteiger charge is 2.36. The third-order valence-corrected chi connectivity index (χ3v) is 3.58. The minimum Gasteiger partial charge on any atom is -0.340 e. The van der Waals surface area contributed by atoms with Crippen molar-refractivity contribution in [1.29, 1.82) is 0 Å². The van der Waals surface area contributed by atoms with Gasteiger partial charge in [-0.1, -0.05) is 6.07 Å². The first-order chi connectivity index (χ1) is 8.62. The average molecular weight is 320 g/mol. The predicted octanol–water partition coefficient (Wildman–Crippen LogP) is 2.42. The quantitative estimate of drug-likeness (QED) is 0.930. The van der Waals surface area contributed by atoms with Gasteiger partial charge in [0.1, 0.15) is 0 Å². The molecule has 0 aliphatic carbocycles. The van der Waals surface area contributed by atoms with E-state index in [1.807, 2.05) is 26.1 Å². The number of rotatable bonds is 3. The average Bonchev–Trinajstić information content (AvgIpc) is 2.40. The largest absolute Gasteiger partial charge is 0.340 e.